The molecule has 0 atom stereocenters. The van der Waals surface area contributed by atoms with Crippen LogP contribution in [0, 0.1) is 0 Å². The second kappa shape index (κ2) is 7.45. The third kappa shape index (κ3) is 4.61. The quantitative estimate of drug-likeness (QED) is 0.801. The van der Waals surface area contributed by atoms with Gasteiger partial charge in [-0.05, 0) is 35.7 Å². The first-order valence-electron chi connectivity index (χ1n) is 6.90. The summed E-state index contributed by atoms with van der Waals surface area (Å²) < 4.78 is 5.09. The van der Waals surface area contributed by atoms with Crippen molar-refractivity contribution in [2.45, 2.75) is 12.8 Å². The molecule has 21 heavy (non-hydrogen) atoms. The van der Waals surface area contributed by atoms with E-state index in [1.54, 1.807) is 19.2 Å². The second-order valence-corrected chi connectivity index (χ2v) is 4.87. The maximum atomic E-state index is 12.1. The van der Waals surface area contributed by atoms with Crippen LogP contribution in [0.5, 0.6) is 0 Å². The normalized spacial score (nSPS) is 10.3. The largest absolute Gasteiger partial charge is 0.399 e. The van der Waals surface area contributed by atoms with Gasteiger partial charge in [0.25, 0.3) is 0 Å². The number of methoxy groups -OCH3 is 1. The van der Waals surface area contributed by atoms with Gasteiger partial charge in [0.1, 0.15) is 0 Å². The van der Waals surface area contributed by atoms with Gasteiger partial charge >= 0.3 is 0 Å². The summed E-state index contributed by atoms with van der Waals surface area (Å²) in [6.07, 6.45) is 1.10. The Morgan fingerprint density at radius 3 is 2.57 bits per heavy atom. The molecule has 0 bridgehead atoms. The van der Waals surface area contributed by atoms with Crippen LogP contribution in [0.15, 0.2) is 48.5 Å². The Labute approximate surface area is 124 Å². The first kappa shape index (κ1) is 15.1. The van der Waals surface area contributed by atoms with Gasteiger partial charge in [0.05, 0.1) is 13.0 Å². The molecule has 0 aliphatic heterocycles. The molecule has 2 aromatic carbocycles. The monoisotopic (exact) mass is 284 g/mol. The van der Waals surface area contributed by atoms with E-state index in [1.807, 2.05) is 36.4 Å². The van der Waals surface area contributed by atoms with Gasteiger partial charge in [0, 0.05) is 18.5 Å². The molecule has 0 saturated heterocycles. The van der Waals surface area contributed by atoms with Gasteiger partial charge in [-0.1, -0.05) is 30.3 Å². The Morgan fingerprint density at radius 2 is 1.86 bits per heavy atom. The maximum absolute atomic E-state index is 12.1. The van der Waals surface area contributed by atoms with Crippen molar-refractivity contribution in [3.63, 3.8) is 0 Å². The van der Waals surface area contributed by atoms with Crippen molar-refractivity contribution in [3.8, 4) is 0 Å². The van der Waals surface area contributed by atoms with Crippen molar-refractivity contribution in [2.24, 2.45) is 0 Å². The second-order valence-electron chi connectivity index (χ2n) is 4.87. The number of anilines is 2. The minimum Gasteiger partial charge on any atom is -0.399 e. The predicted molar refractivity (Wildman–Crippen MR) is 85.2 cm³/mol. The average Bonchev–Trinajstić information content (AvgIpc) is 2.49. The highest BCUT2D eigenvalue weighted by Crippen LogP contribution is 2.16. The third-order valence-corrected chi connectivity index (χ3v) is 3.21. The van der Waals surface area contributed by atoms with E-state index in [9.17, 15) is 4.79 Å². The summed E-state index contributed by atoms with van der Waals surface area (Å²) in [5.74, 6) is -0.0374. The van der Waals surface area contributed by atoms with Crippen LogP contribution in [0.1, 0.15) is 11.1 Å². The molecule has 4 heteroatoms. The average molecular weight is 284 g/mol. The summed E-state index contributed by atoms with van der Waals surface area (Å²) in [6, 6.07) is 15.1. The van der Waals surface area contributed by atoms with Crippen molar-refractivity contribution in [1.29, 1.82) is 0 Å². The molecule has 0 aliphatic carbocycles. The summed E-state index contributed by atoms with van der Waals surface area (Å²) >= 11 is 0. The number of ether oxygens (including phenoxy) is 1. The number of amides is 1. The number of carbonyl (C=O) groups is 1. The van der Waals surface area contributed by atoms with Crippen LogP contribution < -0.4 is 11.1 Å². The van der Waals surface area contributed by atoms with Gasteiger partial charge in [-0.3, -0.25) is 4.79 Å². The zero-order valence-corrected chi connectivity index (χ0v) is 12.1. The number of nitrogens with one attached hydrogen (secondary N) is 1. The molecule has 2 aromatic rings. The summed E-state index contributed by atoms with van der Waals surface area (Å²) in [5.41, 5.74) is 9.19. The molecule has 110 valence electrons. The van der Waals surface area contributed by atoms with Gasteiger partial charge in [-0.2, -0.15) is 0 Å². The molecular weight excluding hydrogens is 264 g/mol. The summed E-state index contributed by atoms with van der Waals surface area (Å²) in [5, 5.41) is 2.96. The van der Waals surface area contributed by atoms with Gasteiger partial charge in [0.15, 0.2) is 0 Å². The van der Waals surface area contributed by atoms with Gasteiger partial charge in [-0.15, -0.1) is 0 Å². The maximum Gasteiger partial charge on any atom is 0.228 e. The molecule has 0 aliphatic rings. The topological polar surface area (TPSA) is 64.3 Å². The van der Waals surface area contributed by atoms with Crippen molar-refractivity contribution >= 4 is 17.3 Å². The molecule has 0 aromatic heterocycles. The van der Waals surface area contributed by atoms with Crippen LogP contribution in [-0.4, -0.2) is 19.6 Å². The molecular formula is C17H20N2O2. The van der Waals surface area contributed by atoms with Crippen LogP contribution in [0.4, 0.5) is 11.4 Å². The van der Waals surface area contributed by atoms with Crippen molar-refractivity contribution in [1.82, 2.24) is 0 Å². The Balaban J connectivity index is 2.00. The zero-order valence-electron chi connectivity index (χ0n) is 12.1. The molecule has 2 rings (SSSR count). The van der Waals surface area contributed by atoms with Crippen LogP contribution >= 0.6 is 0 Å². The van der Waals surface area contributed by atoms with E-state index >= 15 is 0 Å². The third-order valence-electron chi connectivity index (χ3n) is 3.21. The minimum atomic E-state index is -0.0374. The fraction of sp³-hybridized carbons (Fsp3) is 0.235. The number of benzene rings is 2. The van der Waals surface area contributed by atoms with Gasteiger partial charge in [-0.25, -0.2) is 0 Å². The molecule has 0 spiro atoms. The van der Waals surface area contributed by atoms with E-state index in [0.29, 0.717) is 18.7 Å². The zero-order chi connectivity index (χ0) is 15.1. The lowest BCUT2D eigenvalue weighted by atomic mass is 10.1. The van der Waals surface area contributed by atoms with E-state index < -0.39 is 0 Å². The van der Waals surface area contributed by atoms with E-state index in [1.165, 1.54) is 0 Å². The molecule has 0 fully saturated rings. The molecule has 3 N–H and O–H groups in total. The van der Waals surface area contributed by atoms with Crippen molar-refractivity contribution in [2.75, 3.05) is 24.8 Å². The first-order chi connectivity index (χ1) is 10.2. The van der Waals surface area contributed by atoms with E-state index in [-0.39, 0.29) is 5.91 Å². The molecule has 0 unspecified atom stereocenters. The summed E-state index contributed by atoms with van der Waals surface area (Å²) in [7, 11) is 1.67. The number of para-hydroxylation sites is 1. The van der Waals surface area contributed by atoms with Crippen LogP contribution in [0.2, 0.25) is 0 Å². The van der Waals surface area contributed by atoms with Crippen LogP contribution in [0.25, 0.3) is 0 Å². The molecule has 1 amide bonds. The molecule has 0 saturated carbocycles. The van der Waals surface area contributed by atoms with E-state index in [0.717, 1.165) is 23.2 Å². The number of carbonyl (C=O) groups excluding carboxylic acids is 1. The van der Waals surface area contributed by atoms with Crippen molar-refractivity contribution in [3.05, 3.63) is 59.7 Å². The lowest BCUT2D eigenvalue weighted by Crippen LogP contribution is -2.16. The smallest absolute Gasteiger partial charge is 0.228 e. The highest BCUT2D eigenvalue weighted by atomic mass is 16.5. The number of nitrogen functional groups attached to an aromatic ring is 1. The number of hydrogen-bond acceptors (Lipinski definition) is 3. The molecule has 4 nitrogen and oxygen atoms in total. The Hall–Kier alpha value is -2.33. The summed E-state index contributed by atoms with van der Waals surface area (Å²) in [6.45, 7) is 0.630. The van der Waals surface area contributed by atoms with Crippen molar-refractivity contribution < 1.29 is 9.53 Å². The Kier molecular flexibility index (Phi) is 5.35. The van der Waals surface area contributed by atoms with E-state index in [4.69, 9.17) is 10.5 Å². The summed E-state index contributed by atoms with van der Waals surface area (Å²) in [4.78, 5) is 12.1. The number of nitrogens with two attached hydrogens (primary N) is 1. The molecule has 0 heterocycles. The minimum absolute atomic E-state index is 0.0374. The fourth-order valence-electron chi connectivity index (χ4n) is 2.09. The lowest BCUT2D eigenvalue weighted by molar-refractivity contribution is -0.115. The molecule has 0 radical (unpaired) electrons. The standard InChI is InChI=1S/C17H20N2O2/c1-21-11-10-14-4-2-3-5-16(14)19-17(20)12-13-6-8-15(18)9-7-13/h2-9H,10-12,18H2,1H3,(H,19,20). The van der Waals surface area contributed by atoms with Crippen LogP contribution in [-0.2, 0) is 22.4 Å². The SMILES string of the molecule is COCCc1ccccc1NC(=O)Cc1ccc(N)cc1. The lowest BCUT2D eigenvalue weighted by Gasteiger charge is -2.11. The van der Waals surface area contributed by atoms with Gasteiger partial charge < -0.3 is 15.8 Å². The number of rotatable bonds is 6. The van der Waals surface area contributed by atoms with Crippen LogP contribution in [0.3, 0.4) is 0 Å². The highest BCUT2D eigenvalue weighted by molar-refractivity contribution is 5.93. The number of hydrogen-bond donors (Lipinski definition) is 2. The predicted octanol–water partition coefficient (Wildman–Crippen LogP) is 2.64. The van der Waals surface area contributed by atoms with Gasteiger partial charge in [0.2, 0.25) is 5.91 Å². The Morgan fingerprint density at radius 1 is 1.14 bits per heavy atom. The van der Waals surface area contributed by atoms with E-state index in [2.05, 4.69) is 5.32 Å². The highest BCUT2D eigenvalue weighted by Gasteiger charge is 2.07. The first-order valence-corrected chi connectivity index (χ1v) is 6.90. The Bertz CT molecular complexity index is 594. The fourth-order valence-corrected chi connectivity index (χ4v) is 2.09.